The number of aromatic nitrogens is 1. The van der Waals surface area contributed by atoms with Gasteiger partial charge in [-0.05, 0) is 39.0 Å². The molecule has 3 aliphatic rings. The zero-order valence-electron chi connectivity index (χ0n) is 11.8. The third-order valence-electron chi connectivity index (χ3n) is 4.39. The second-order valence-electron chi connectivity index (χ2n) is 5.77. The molecule has 0 spiro atoms. The number of piperidine rings is 2. The van der Waals surface area contributed by atoms with Gasteiger partial charge in [-0.3, -0.25) is 0 Å². The fourth-order valence-electron chi connectivity index (χ4n) is 3.53. The van der Waals surface area contributed by atoms with Gasteiger partial charge in [0.05, 0.1) is 18.3 Å². The van der Waals surface area contributed by atoms with Crippen molar-refractivity contribution in [3.63, 3.8) is 0 Å². The quantitative estimate of drug-likeness (QED) is 0.894. The summed E-state index contributed by atoms with van der Waals surface area (Å²) in [6.45, 7) is 4.60. The fourth-order valence-corrected chi connectivity index (χ4v) is 3.53. The number of fused-ring (bicyclic) bond motifs is 3. The fraction of sp³-hybridized carbons (Fsp3) is 0.714. The number of nitrogens with zero attached hydrogens (tertiary/aromatic N) is 2. The molecule has 3 atom stereocenters. The average molecular weight is 280 g/mol. The Hall–Kier alpha value is -1.56. The van der Waals surface area contributed by atoms with Gasteiger partial charge in [-0.25, -0.2) is 4.79 Å². The molecule has 2 aliphatic heterocycles. The van der Waals surface area contributed by atoms with Gasteiger partial charge >= 0.3 is 6.09 Å². The van der Waals surface area contributed by atoms with Crippen molar-refractivity contribution in [2.45, 2.75) is 44.8 Å². The van der Waals surface area contributed by atoms with Crippen LogP contribution in [-0.2, 0) is 10.3 Å². The molecule has 3 fully saturated rings. The molecule has 0 radical (unpaired) electrons. The van der Waals surface area contributed by atoms with Crippen molar-refractivity contribution >= 4 is 6.09 Å². The molecular weight excluding hydrogens is 260 g/mol. The number of ether oxygens (including phenoxy) is 1. The summed E-state index contributed by atoms with van der Waals surface area (Å²) in [4.78, 5) is 13.7. The van der Waals surface area contributed by atoms with E-state index in [4.69, 9.17) is 9.26 Å². The van der Waals surface area contributed by atoms with Crippen molar-refractivity contribution in [2.24, 2.45) is 5.92 Å². The summed E-state index contributed by atoms with van der Waals surface area (Å²) in [5.41, 5.74) is -0.410. The number of aliphatic hydroxyl groups is 1. The van der Waals surface area contributed by atoms with Gasteiger partial charge in [0.25, 0.3) is 0 Å². The van der Waals surface area contributed by atoms with Crippen molar-refractivity contribution in [3.05, 3.63) is 17.5 Å². The second-order valence-corrected chi connectivity index (χ2v) is 5.77. The zero-order chi connectivity index (χ0) is 14.3. The molecule has 110 valence electrons. The molecule has 1 N–H and O–H groups in total. The molecule has 4 rings (SSSR count). The smallest absolute Gasteiger partial charge is 0.410 e. The summed E-state index contributed by atoms with van der Waals surface area (Å²) >= 11 is 0. The highest BCUT2D eigenvalue weighted by molar-refractivity contribution is 5.68. The Morgan fingerprint density at radius 1 is 1.65 bits per heavy atom. The van der Waals surface area contributed by atoms with Gasteiger partial charge in [-0.15, -0.1) is 0 Å². The predicted octanol–water partition coefficient (Wildman–Crippen LogP) is 1.81. The largest absolute Gasteiger partial charge is 0.450 e. The minimum atomic E-state index is -1.14. The number of rotatable bonds is 2. The first-order chi connectivity index (χ1) is 9.54. The molecule has 6 nitrogen and oxygen atoms in total. The number of carbonyl (C=O) groups excluding carboxylic acids is 1. The molecule has 20 heavy (non-hydrogen) atoms. The molecule has 6 heteroatoms. The highest BCUT2D eigenvalue weighted by atomic mass is 16.6. The minimum absolute atomic E-state index is 0.278. The molecule has 1 amide bonds. The van der Waals surface area contributed by atoms with Crippen molar-refractivity contribution in [1.29, 1.82) is 0 Å². The topological polar surface area (TPSA) is 75.8 Å². The van der Waals surface area contributed by atoms with E-state index in [1.807, 2.05) is 6.92 Å². The average Bonchev–Trinajstić information content (AvgIpc) is 2.87. The van der Waals surface area contributed by atoms with Crippen LogP contribution < -0.4 is 0 Å². The lowest BCUT2D eigenvalue weighted by Crippen LogP contribution is -2.62. The Labute approximate surface area is 117 Å². The van der Waals surface area contributed by atoms with Crippen LogP contribution in [0.25, 0.3) is 0 Å². The first-order valence-electron chi connectivity index (χ1n) is 7.14. The van der Waals surface area contributed by atoms with Crippen LogP contribution in [0.4, 0.5) is 4.79 Å². The van der Waals surface area contributed by atoms with E-state index in [0.29, 0.717) is 25.3 Å². The molecule has 1 aromatic rings. The Bertz CT molecular complexity index is 515. The Morgan fingerprint density at radius 3 is 3.05 bits per heavy atom. The third kappa shape index (κ3) is 1.98. The van der Waals surface area contributed by atoms with Crippen LogP contribution in [0.1, 0.15) is 37.6 Å². The van der Waals surface area contributed by atoms with E-state index >= 15 is 0 Å². The van der Waals surface area contributed by atoms with E-state index in [1.54, 1.807) is 17.9 Å². The van der Waals surface area contributed by atoms with Crippen molar-refractivity contribution in [3.8, 4) is 0 Å². The number of amides is 1. The molecule has 3 heterocycles. The second kappa shape index (κ2) is 4.77. The third-order valence-corrected chi connectivity index (χ3v) is 4.39. The molecular formula is C14H20N2O4. The first-order valence-corrected chi connectivity index (χ1v) is 7.14. The standard InChI is InChI=1S/C14H20N2O4/c1-3-19-13(17)16-8-10-4-5-11(16)14(18,7-10)12-6-9(2)15-20-12/h6,10-11,18H,3-5,7-8H2,1-2H3. The Morgan fingerprint density at radius 2 is 2.45 bits per heavy atom. The monoisotopic (exact) mass is 280 g/mol. The summed E-state index contributed by atoms with van der Waals surface area (Å²) < 4.78 is 10.4. The van der Waals surface area contributed by atoms with Crippen LogP contribution in [-0.4, -0.2) is 40.4 Å². The predicted molar refractivity (Wildman–Crippen MR) is 70.0 cm³/mol. The van der Waals surface area contributed by atoms with Gasteiger partial charge in [0.15, 0.2) is 5.76 Å². The van der Waals surface area contributed by atoms with E-state index in [1.165, 1.54) is 0 Å². The zero-order valence-corrected chi connectivity index (χ0v) is 11.8. The molecule has 0 aromatic carbocycles. The SMILES string of the molecule is CCOC(=O)N1CC2CCC1C(O)(c1cc(C)no1)C2. The van der Waals surface area contributed by atoms with E-state index in [0.717, 1.165) is 18.5 Å². The maximum Gasteiger partial charge on any atom is 0.410 e. The van der Waals surface area contributed by atoms with Crippen LogP contribution >= 0.6 is 0 Å². The van der Waals surface area contributed by atoms with E-state index in [9.17, 15) is 9.90 Å². The van der Waals surface area contributed by atoms with E-state index in [-0.39, 0.29) is 18.1 Å². The lowest BCUT2D eigenvalue weighted by molar-refractivity contribution is -0.140. The first kappa shape index (κ1) is 13.4. The summed E-state index contributed by atoms with van der Waals surface area (Å²) in [5, 5.41) is 14.9. The molecule has 2 saturated heterocycles. The normalized spacial score (nSPS) is 32.5. The lowest BCUT2D eigenvalue weighted by atomic mass is 9.68. The van der Waals surface area contributed by atoms with Crippen LogP contribution in [0.3, 0.4) is 0 Å². The maximum atomic E-state index is 12.1. The van der Waals surface area contributed by atoms with Gasteiger partial charge < -0.3 is 19.3 Å². The molecule has 3 unspecified atom stereocenters. The van der Waals surface area contributed by atoms with Crippen LogP contribution in [0.5, 0.6) is 0 Å². The van der Waals surface area contributed by atoms with Crippen LogP contribution in [0.2, 0.25) is 0 Å². The molecule has 1 aromatic heterocycles. The van der Waals surface area contributed by atoms with Crippen molar-refractivity contribution < 1.29 is 19.2 Å². The molecule has 2 bridgehead atoms. The minimum Gasteiger partial charge on any atom is -0.450 e. The lowest BCUT2D eigenvalue weighted by Gasteiger charge is -2.52. The summed E-state index contributed by atoms with van der Waals surface area (Å²) in [7, 11) is 0. The van der Waals surface area contributed by atoms with Gasteiger partial charge in [0.1, 0.15) is 5.60 Å². The van der Waals surface area contributed by atoms with Gasteiger partial charge in [-0.2, -0.15) is 0 Å². The number of aryl methyl sites for hydroxylation is 1. The maximum absolute atomic E-state index is 12.1. The van der Waals surface area contributed by atoms with Gasteiger partial charge in [-0.1, -0.05) is 5.16 Å². The highest BCUT2D eigenvalue weighted by Gasteiger charge is 2.55. The van der Waals surface area contributed by atoms with Crippen molar-refractivity contribution in [2.75, 3.05) is 13.2 Å². The Balaban J connectivity index is 1.91. The highest BCUT2D eigenvalue weighted by Crippen LogP contribution is 2.47. The molecule has 1 aliphatic carbocycles. The summed E-state index contributed by atoms with van der Waals surface area (Å²) in [6.07, 6.45) is 2.05. The van der Waals surface area contributed by atoms with Crippen LogP contribution in [0, 0.1) is 12.8 Å². The number of carbonyl (C=O) groups is 1. The van der Waals surface area contributed by atoms with E-state index < -0.39 is 5.60 Å². The number of hydrogen-bond acceptors (Lipinski definition) is 5. The van der Waals surface area contributed by atoms with E-state index in [2.05, 4.69) is 5.16 Å². The summed E-state index contributed by atoms with van der Waals surface area (Å²) in [5.74, 6) is 0.735. The van der Waals surface area contributed by atoms with Gasteiger partial charge in [0, 0.05) is 12.6 Å². The molecule has 1 saturated carbocycles. The van der Waals surface area contributed by atoms with Crippen LogP contribution in [0.15, 0.2) is 10.6 Å². The van der Waals surface area contributed by atoms with Gasteiger partial charge in [0.2, 0.25) is 0 Å². The summed E-state index contributed by atoms with van der Waals surface area (Å²) in [6, 6.07) is 1.46. The Kier molecular flexibility index (Phi) is 3.20. The number of hydrogen-bond donors (Lipinski definition) is 1. The van der Waals surface area contributed by atoms with Crippen molar-refractivity contribution in [1.82, 2.24) is 10.1 Å².